The molecule has 0 aliphatic carbocycles. The van der Waals surface area contributed by atoms with Crippen LogP contribution in [0.2, 0.25) is 0 Å². The Morgan fingerprint density at radius 3 is 2.34 bits per heavy atom. The summed E-state index contributed by atoms with van der Waals surface area (Å²) in [6, 6.07) is 13.2. The minimum Gasteiger partial charge on any atom is -0.482 e. The highest BCUT2D eigenvalue weighted by atomic mass is 19.4. The van der Waals surface area contributed by atoms with E-state index in [4.69, 9.17) is 4.74 Å². The monoisotopic (exact) mass is 405 g/mol. The number of fused-ring (bicyclic) bond motifs is 1. The first-order chi connectivity index (χ1) is 13.8. The molecule has 1 fully saturated rings. The smallest absolute Gasteiger partial charge is 0.391 e. The van der Waals surface area contributed by atoms with Gasteiger partial charge in [0.2, 0.25) is 0 Å². The number of hydrogen-bond acceptors (Lipinski definition) is 4. The summed E-state index contributed by atoms with van der Waals surface area (Å²) in [5.41, 5.74) is 3.29. The third-order valence-electron chi connectivity index (χ3n) is 5.52. The Morgan fingerprint density at radius 2 is 1.69 bits per heavy atom. The van der Waals surface area contributed by atoms with Gasteiger partial charge in [0.15, 0.2) is 6.61 Å². The van der Waals surface area contributed by atoms with Crippen LogP contribution in [0.15, 0.2) is 42.5 Å². The number of nitrogens with one attached hydrogen (secondary N) is 1. The summed E-state index contributed by atoms with van der Waals surface area (Å²) < 4.78 is 43.9. The lowest BCUT2D eigenvalue weighted by molar-refractivity contribution is -0.179. The second kappa shape index (κ2) is 7.50. The molecular weight excluding hydrogens is 383 g/mol. The number of alkyl halides is 3. The first-order valence-electron chi connectivity index (χ1n) is 9.53. The van der Waals surface area contributed by atoms with Gasteiger partial charge in [0.05, 0.1) is 11.6 Å². The lowest BCUT2D eigenvalue weighted by Crippen LogP contribution is -2.38. The Labute approximate surface area is 167 Å². The average molecular weight is 405 g/mol. The van der Waals surface area contributed by atoms with E-state index in [1.165, 1.54) is 0 Å². The minimum absolute atomic E-state index is 0.0396. The van der Waals surface area contributed by atoms with Crippen molar-refractivity contribution >= 4 is 28.7 Å². The summed E-state index contributed by atoms with van der Waals surface area (Å²) in [5, 5.41) is 3.29. The number of halogens is 3. The summed E-state index contributed by atoms with van der Waals surface area (Å²) in [6.07, 6.45) is -3.83. The zero-order valence-corrected chi connectivity index (χ0v) is 16.0. The molecule has 0 atom stereocenters. The van der Waals surface area contributed by atoms with Crippen LogP contribution >= 0.6 is 0 Å². The quantitative estimate of drug-likeness (QED) is 0.813. The predicted molar refractivity (Wildman–Crippen MR) is 106 cm³/mol. The Bertz CT molecular complexity index is 891. The van der Waals surface area contributed by atoms with E-state index in [2.05, 4.69) is 5.32 Å². The van der Waals surface area contributed by atoms with Gasteiger partial charge in [0.25, 0.3) is 5.91 Å². The molecule has 29 heavy (non-hydrogen) atoms. The molecule has 0 bridgehead atoms. The average Bonchev–Trinajstić information content (AvgIpc) is 2.71. The summed E-state index contributed by atoms with van der Waals surface area (Å²) in [7, 11) is 1.71. The van der Waals surface area contributed by atoms with E-state index in [-0.39, 0.29) is 25.4 Å². The third-order valence-corrected chi connectivity index (χ3v) is 5.52. The largest absolute Gasteiger partial charge is 0.482 e. The highest BCUT2D eigenvalue weighted by Crippen LogP contribution is 2.36. The van der Waals surface area contributed by atoms with Gasteiger partial charge in [-0.25, -0.2) is 0 Å². The lowest BCUT2D eigenvalue weighted by Gasteiger charge is -2.34. The fourth-order valence-corrected chi connectivity index (χ4v) is 3.74. The SMILES string of the molecule is CN1C(=O)COc2ccc(Nc3ccc(N4CCC(C(F)(F)F)CC4)cc3)cc21. The summed E-state index contributed by atoms with van der Waals surface area (Å²) in [5.74, 6) is -0.638. The van der Waals surface area contributed by atoms with Crippen molar-refractivity contribution in [3.05, 3.63) is 42.5 Å². The van der Waals surface area contributed by atoms with E-state index in [0.717, 1.165) is 17.1 Å². The molecule has 0 unspecified atom stereocenters. The molecule has 154 valence electrons. The second-order valence-electron chi connectivity index (χ2n) is 7.40. The van der Waals surface area contributed by atoms with Crippen molar-refractivity contribution in [2.75, 3.05) is 41.9 Å². The number of benzene rings is 2. The van der Waals surface area contributed by atoms with Crippen LogP contribution in [0.3, 0.4) is 0 Å². The number of carbonyl (C=O) groups excluding carboxylic acids is 1. The van der Waals surface area contributed by atoms with Crippen molar-refractivity contribution in [2.24, 2.45) is 5.92 Å². The van der Waals surface area contributed by atoms with Gasteiger partial charge in [-0.05, 0) is 55.3 Å². The van der Waals surface area contributed by atoms with Crippen LogP contribution in [0.4, 0.5) is 35.9 Å². The molecule has 1 saturated heterocycles. The van der Waals surface area contributed by atoms with Gasteiger partial charge in [-0.1, -0.05) is 0 Å². The molecule has 2 heterocycles. The number of amides is 1. The maximum atomic E-state index is 12.8. The molecule has 1 amide bonds. The molecule has 2 aromatic rings. The first kappa shape index (κ1) is 19.4. The van der Waals surface area contributed by atoms with Crippen LogP contribution in [-0.4, -0.2) is 38.8 Å². The van der Waals surface area contributed by atoms with E-state index in [1.54, 1.807) is 11.9 Å². The molecular formula is C21H22F3N3O2. The van der Waals surface area contributed by atoms with Crippen LogP contribution in [0, 0.1) is 5.92 Å². The van der Waals surface area contributed by atoms with Crippen molar-refractivity contribution in [3.8, 4) is 5.75 Å². The Hall–Kier alpha value is -2.90. The molecule has 2 aliphatic heterocycles. The summed E-state index contributed by atoms with van der Waals surface area (Å²) >= 11 is 0. The number of likely N-dealkylation sites (N-methyl/N-ethyl adjacent to an activating group) is 1. The Kier molecular flexibility index (Phi) is 5.02. The zero-order chi connectivity index (χ0) is 20.6. The van der Waals surface area contributed by atoms with Gasteiger partial charge in [-0.2, -0.15) is 13.2 Å². The molecule has 1 N–H and O–H groups in total. The third kappa shape index (κ3) is 4.11. The highest BCUT2D eigenvalue weighted by molar-refractivity contribution is 5.98. The van der Waals surface area contributed by atoms with Gasteiger partial charge in [0.1, 0.15) is 5.75 Å². The maximum Gasteiger partial charge on any atom is 0.391 e. The zero-order valence-electron chi connectivity index (χ0n) is 16.0. The highest BCUT2D eigenvalue weighted by Gasteiger charge is 2.41. The maximum absolute atomic E-state index is 12.8. The number of nitrogens with zero attached hydrogens (tertiary/aromatic N) is 2. The van der Waals surface area contributed by atoms with Crippen molar-refractivity contribution < 1.29 is 22.7 Å². The fraction of sp³-hybridized carbons (Fsp3) is 0.381. The molecule has 0 aromatic heterocycles. The van der Waals surface area contributed by atoms with Gasteiger partial charge >= 0.3 is 6.18 Å². The van der Waals surface area contributed by atoms with Crippen molar-refractivity contribution in [2.45, 2.75) is 19.0 Å². The molecule has 4 rings (SSSR count). The van der Waals surface area contributed by atoms with E-state index >= 15 is 0 Å². The van der Waals surface area contributed by atoms with E-state index in [1.807, 2.05) is 47.4 Å². The van der Waals surface area contributed by atoms with Crippen molar-refractivity contribution in [3.63, 3.8) is 0 Å². The summed E-state index contributed by atoms with van der Waals surface area (Å²) in [6.45, 7) is 0.849. The summed E-state index contributed by atoms with van der Waals surface area (Å²) in [4.78, 5) is 15.4. The standard InChI is InChI=1S/C21H22F3N3O2/c1-26-18-12-16(4-7-19(18)29-13-20(26)28)25-15-2-5-17(6-3-15)27-10-8-14(9-11-27)21(22,23)24/h2-7,12,14,25H,8-11,13H2,1H3. The number of rotatable bonds is 3. The van der Waals surface area contributed by atoms with E-state index in [0.29, 0.717) is 24.5 Å². The van der Waals surface area contributed by atoms with E-state index < -0.39 is 12.1 Å². The Balaban J connectivity index is 1.41. The Morgan fingerprint density at radius 1 is 1.03 bits per heavy atom. The molecule has 8 heteroatoms. The molecule has 0 saturated carbocycles. The van der Waals surface area contributed by atoms with Crippen molar-refractivity contribution in [1.82, 2.24) is 0 Å². The number of ether oxygens (including phenoxy) is 1. The first-order valence-corrected chi connectivity index (χ1v) is 9.53. The molecule has 0 radical (unpaired) electrons. The van der Waals surface area contributed by atoms with Gasteiger partial charge in [-0.15, -0.1) is 0 Å². The molecule has 5 nitrogen and oxygen atoms in total. The van der Waals surface area contributed by atoms with Crippen LogP contribution < -0.4 is 19.9 Å². The van der Waals surface area contributed by atoms with Crippen LogP contribution in [0.5, 0.6) is 5.75 Å². The van der Waals surface area contributed by atoms with Crippen molar-refractivity contribution in [1.29, 1.82) is 0 Å². The number of anilines is 4. The minimum atomic E-state index is -4.10. The predicted octanol–water partition coefficient (Wildman–Crippen LogP) is 4.56. The van der Waals surface area contributed by atoms with E-state index in [9.17, 15) is 18.0 Å². The normalized spacial score (nSPS) is 17.7. The number of carbonyl (C=O) groups is 1. The molecule has 2 aliphatic rings. The lowest BCUT2D eigenvalue weighted by atomic mass is 9.96. The van der Waals surface area contributed by atoms with Crippen LogP contribution in [-0.2, 0) is 4.79 Å². The number of piperidine rings is 1. The number of hydrogen-bond donors (Lipinski definition) is 1. The van der Waals surface area contributed by atoms with Crippen LogP contribution in [0.1, 0.15) is 12.8 Å². The van der Waals surface area contributed by atoms with Gasteiger partial charge in [0, 0.05) is 37.2 Å². The van der Waals surface area contributed by atoms with Crippen LogP contribution in [0.25, 0.3) is 0 Å². The topological polar surface area (TPSA) is 44.8 Å². The molecule has 2 aromatic carbocycles. The van der Waals surface area contributed by atoms with Gasteiger partial charge in [-0.3, -0.25) is 4.79 Å². The molecule has 0 spiro atoms. The second-order valence-corrected chi connectivity index (χ2v) is 7.40. The fourth-order valence-electron chi connectivity index (χ4n) is 3.74. The van der Waals surface area contributed by atoms with Gasteiger partial charge < -0.3 is 19.9 Å².